The molecule has 0 radical (unpaired) electrons. The van der Waals surface area contributed by atoms with Gasteiger partial charge in [0.05, 0.1) is 7.11 Å². The molecule has 0 aliphatic heterocycles. The van der Waals surface area contributed by atoms with Gasteiger partial charge >= 0.3 is 5.97 Å². The number of hydrogen-bond donors (Lipinski definition) is 0. The summed E-state index contributed by atoms with van der Waals surface area (Å²) in [5.41, 5.74) is 0.898. The summed E-state index contributed by atoms with van der Waals surface area (Å²) < 4.78 is 4.55. The third-order valence-corrected chi connectivity index (χ3v) is 2.11. The number of halogens is 1. The first-order chi connectivity index (χ1) is 7.13. The van der Waals surface area contributed by atoms with E-state index in [1.807, 2.05) is 12.1 Å². The average molecular weight is 226 g/mol. The zero-order chi connectivity index (χ0) is 11.3. The number of carbonyl (C=O) groups is 1. The molecule has 1 atom stereocenters. The lowest BCUT2D eigenvalue weighted by atomic mass is 10.2. The van der Waals surface area contributed by atoms with Gasteiger partial charge in [-0.3, -0.25) is 4.99 Å². The summed E-state index contributed by atoms with van der Waals surface area (Å²) in [7, 11) is 1.34. The summed E-state index contributed by atoms with van der Waals surface area (Å²) in [5.74, 6) is -0.347. The van der Waals surface area contributed by atoms with Gasteiger partial charge in [-0.25, -0.2) is 4.79 Å². The Labute approximate surface area is 93.7 Å². The van der Waals surface area contributed by atoms with E-state index in [0.29, 0.717) is 5.02 Å². The molecule has 1 aromatic rings. The summed E-state index contributed by atoms with van der Waals surface area (Å²) in [4.78, 5) is 15.1. The lowest BCUT2D eigenvalue weighted by Crippen LogP contribution is -2.16. The Hall–Kier alpha value is -1.35. The van der Waals surface area contributed by atoms with Crippen LogP contribution in [0.5, 0.6) is 0 Å². The van der Waals surface area contributed by atoms with E-state index >= 15 is 0 Å². The number of hydrogen-bond acceptors (Lipinski definition) is 3. The highest BCUT2D eigenvalue weighted by molar-refractivity contribution is 6.30. The number of methoxy groups -OCH3 is 1. The largest absolute Gasteiger partial charge is 0.467 e. The number of benzene rings is 1. The maximum atomic E-state index is 11.0. The van der Waals surface area contributed by atoms with E-state index in [9.17, 15) is 4.79 Å². The van der Waals surface area contributed by atoms with Gasteiger partial charge in [0, 0.05) is 11.2 Å². The number of aliphatic imine (C=N–C) groups is 1. The molecule has 15 heavy (non-hydrogen) atoms. The second kappa shape index (κ2) is 5.51. The van der Waals surface area contributed by atoms with Gasteiger partial charge in [0.1, 0.15) is 6.04 Å². The molecule has 80 valence electrons. The molecule has 3 nitrogen and oxygen atoms in total. The average Bonchev–Trinajstić information content (AvgIpc) is 2.26. The van der Waals surface area contributed by atoms with E-state index in [0.717, 1.165) is 5.56 Å². The van der Waals surface area contributed by atoms with E-state index in [2.05, 4.69) is 9.73 Å². The maximum Gasteiger partial charge on any atom is 0.330 e. The molecule has 0 spiro atoms. The molecule has 1 rings (SSSR count). The van der Waals surface area contributed by atoms with Crippen LogP contribution in [0.2, 0.25) is 5.02 Å². The van der Waals surface area contributed by atoms with Crippen LogP contribution >= 0.6 is 11.6 Å². The molecule has 0 N–H and O–H groups in total. The van der Waals surface area contributed by atoms with E-state index in [1.165, 1.54) is 7.11 Å². The summed E-state index contributed by atoms with van der Waals surface area (Å²) in [6.07, 6.45) is 1.62. The minimum absolute atomic E-state index is 0.347. The number of rotatable bonds is 3. The zero-order valence-electron chi connectivity index (χ0n) is 8.61. The molecule has 0 aromatic heterocycles. The monoisotopic (exact) mass is 225 g/mol. The first-order valence-electron chi connectivity index (χ1n) is 4.50. The van der Waals surface area contributed by atoms with E-state index < -0.39 is 6.04 Å². The number of ether oxygens (including phenoxy) is 1. The highest BCUT2D eigenvalue weighted by atomic mass is 35.5. The van der Waals surface area contributed by atoms with Crippen molar-refractivity contribution < 1.29 is 9.53 Å². The Balaban J connectivity index is 2.65. The van der Waals surface area contributed by atoms with Gasteiger partial charge in [0.2, 0.25) is 0 Å². The molecular weight excluding hydrogens is 214 g/mol. The van der Waals surface area contributed by atoms with Crippen LogP contribution in [0, 0.1) is 0 Å². The fraction of sp³-hybridized carbons (Fsp3) is 0.273. The first kappa shape index (κ1) is 11.7. The van der Waals surface area contributed by atoms with E-state index in [4.69, 9.17) is 11.6 Å². The molecular formula is C11H12ClNO2. The van der Waals surface area contributed by atoms with Gasteiger partial charge < -0.3 is 4.74 Å². The second-order valence-corrected chi connectivity index (χ2v) is 3.47. The Morgan fingerprint density at radius 2 is 2.07 bits per heavy atom. The van der Waals surface area contributed by atoms with Crippen molar-refractivity contribution >= 4 is 23.8 Å². The van der Waals surface area contributed by atoms with E-state index in [-0.39, 0.29) is 5.97 Å². The number of esters is 1. The normalized spacial score (nSPS) is 12.7. The Morgan fingerprint density at radius 3 is 2.60 bits per heavy atom. The number of nitrogens with zero attached hydrogens (tertiary/aromatic N) is 1. The van der Waals surface area contributed by atoms with Crippen molar-refractivity contribution in [1.82, 2.24) is 0 Å². The van der Waals surface area contributed by atoms with Crippen molar-refractivity contribution in [2.75, 3.05) is 7.11 Å². The standard InChI is InChI=1S/C11H12ClNO2/c1-8(11(14)15-2)13-7-9-3-5-10(12)6-4-9/h3-8H,1-2H3/b13-7+/t8-/m0/s1. The molecule has 0 heterocycles. The fourth-order valence-electron chi connectivity index (χ4n) is 0.978. The molecule has 0 saturated carbocycles. The van der Waals surface area contributed by atoms with Gasteiger partial charge in [-0.15, -0.1) is 0 Å². The smallest absolute Gasteiger partial charge is 0.330 e. The van der Waals surface area contributed by atoms with Crippen LogP contribution in [0.3, 0.4) is 0 Å². The van der Waals surface area contributed by atoms with Crippen LogP contribution in [0.25, 0.3) is 0 Å². The SMILES string of the molecule is COC(=O)[C@H](C)/N=C/c1ccc(Cl)cc1. The van der Waals surface area contributed by atoms with E-state index in [1.54, 1.807) is 25.3 Å². The number of carbonyl (C=O) groups excluding carboxylic acids is 1. The van der Waals surface area contributed by atoms with Crippen molar-refractivity contribution in [3.05, 3.63) is 34.9 Å². The van der Waals surface area contributed by atoms with Crippen LogP contribution < -0.4 is 0 Å². The lowest BCUT2D eigenvalue weighted by Gasteiger charge is -2.02. The maximum absolute atomic E-state index is 11.0. The van der Waals surface area contributed by atoms with Crippen LogP contribution in [0.15, 0.2) is 29.3 Å². The Kier molecular flexibility index (Phi) is 4.31. The zero-order valence-corrected chi connectivity index (χ0v) is 9.36. The van der Waals surface area contributed by atoms with Crippen molar-refractivity contribution in [2.24, 2.45) is 4.99 Å². The fourth-order valence-corrected chi connectivity index (χ4v) is 1.10. The lowest BCUT2D eigenvalue weighted by molar-refractivity contribution is -0.141. The summed E-state index contributed by atoms with van der Waals surface area (Å²) in [6.45, 7) is 1.68. The van der Waals surface area contributed by atoms with Crippen molar-refractivity contribution in [1.29, 1.82) is 0 Å². The van der Waals surface area contributed by atoms with Crippen LogP contribution in [0.1, 0.15) is 12.5 Å². The molecule has 0 fully saturated rings. The van der Waals surface area contributed by atoms with Crippen LogP contribution in [0.4, 0.5) is 0 Å². The third kappa shape index (κ3) is 3.72. The molecule has 0 saturated heterocycles. The topological polar surface area (TPSA) is 38.7 Å². The highest BCUT2D eigenvalue weighted by Gasteiger charge is 2.09. The van der Waals surface area contributed by atoms with Crippen LogP contribution in [-0.4, -0.2) is 25.3 Å². The Bertz CT molecular complexity index is 359. The van der Waals surface area contributed by atoms with Gasteiger partial charge in [0.25, 0.3) is 0 Å². The Morgan fingerprint density at radius 1 is 1.47 bits per heavy atom. The second-order valence-electron chi connectivity index (χ2n) is 3.03. The molecule has 0 aliphatic carbocycles. The molecule has 0 bridgehead atoms. The summed E-state index contributed by atoms with van der Waals surface area (Å²) in [5, 5.41) is 0.674. The van der Waals surface area contributed by atoms with Crippen molar-refractivity contribution in [3.8, 4) is 0 Å². The molecule has 4 heteroatoms. The molecule has 0 unspecified atom stereocenters. The summed E-state index contributed by atoms with van der Waals surface area (Å²) in [6, 6.07) is 6.72. The minimum Gasteiger partial charge on any atom is -0.467 e. The first-order valence-corrected chi connectivity index (χ1v) is 4.88. The highest BCUT2D eigenvalue weighted by Crippen LogP contribution is 2.08. The molecule has 0 aliphatic rings. The van der Waals surface area contributed by atoms with Crippen LogP contribution in [-0.2, 0) is 9.53 Å². The predicted octanol–water partition coefficient (Wildman–Crippen LogP) is 2.32. The molecule has 0 amide bonds. The third-order valence-electron chi connectivity index (χ3n) is 1.86. The molecule has 1 aromatic carbocycles. The quantitative estimate of drug-likeness (QED) is 0.585. The van der Waals surface area contributed by atoms with Crippen molar-refractivity contribution in [3.63, 3.8) is 0 Å². The van der Waals surface area contributed by atoms with Crippen molar-refractivity contribution in [2.45, 2.75) is 13.0 Å². The predicted molar refractivity (Wildman–Crippen MR) is 60.5 cm³/mol. The minimum atomic E-state index is -0.481. The van der Waals surface area contributed by atoms with Gasteiger partial charge in [0.15, 0.2) is 0 Å². The van der Waals surface area contributed by atoms with Gasteiger partial charge in [-0.2, -0.15) is 0 Å². The summed E-state index contributed by atoms with van der Waals surface area (Å²) >= 11 is 5.73. The van der Waals surface area contributed by atoms with Gasteiger partial charge in [-0.1, -0.05) is 23.7 Å². The van der Waals surface area contributed by atoms with Gasteiger partial charge in [-0.05, 0) is 24.6 Å².